The summed E-state index contributed by atoms with van der Waals surface area (Å²) in [4.78, 5) is 14.7. The second kappa shape index (κ2) is 5.37. The average Bonchev–Trinajstić information content (AvgIpc) is 3.03. The molecule has 1 aromatic heterocycles. The van der Waals surface area contributed by atoms with Gasteiger partial charge in [-0.1, -0.05) is 30.3 Å². The molecular weight excluding hydrogens is 278 g/mol. The van der Waals surface area contributed by atoms with E-state index >= 15 is 0 Å². The molecule has 2 aromatic rings. The number of hydrogen-bond donors (Lipinski definition) is 0. The van der Waals surface area contributed by atoms with Crippen LogP contribution >= 0.6 is 0 Å². The number of nitrogens with zero attached hydrogens (tertiary/aromatic N) is 1. The molecule has 0 saturated heterocycles. The molecule has 0 saturated carbocycles. The highest BCUT2D eigenvalue weighted by molar-refractivity contribution is 6.20. The molecular formula is C18H19NO3. The Bertz CT molecular complexity index is 699. The van der Waals surface area contributed by atoms with Crippen LogP contribution in [-0.4, -0.2) is 17.5 Å². The molecule has 0 aliphatic carbocycles. The van der Waals surface area contributed by atoms with Gasteiger partial charge in [-0.15, -0.1) is 0 Å². The monoisotopic (exact) mass is 297 g/mol. The lowest BCUT2D eigenvalue weighted by atomic mass is 9.95. The van der Waals surface area contributed by atoms with Gasteiger partial charge < -0.3 is 9.15 Å². The fraction of sp³-hybridized carbons (Fsp3) is 0.278. The van der Waals surface area contributed by atoms with Crippen LogP contribution in [0.1, 0.15) is 32.1 Å². The van der Waals surface area contributed by atoms with Gasteiger partial charge >= 0.3 is 0 Å². The Kier molecular flexibility index (Phi) is 3.53. The smallest absolute Gasteiger partial charge is 0.261 e. The van der Waals surface area contributed by atoms with Crippen molar-refractivity contribution in [3.05, 3.63) is 65.8 Å². The summed E-state index contributed by atoms with van der Waals surface area (Å²) in [6.45, 7) is 5.96. The van der Waals surface area contributed by atoms with Crippen molar-refractivity contribution >= 4 is 11.5 Å². The summed E-state index contributed by atoms with van der Waals surface area (Å²) >= 11 is 0. The molecule has 114 valence electrons. The van der Waals surface area contributed by atoms with Gasteiger partial charge in [0.15, 0.2) is 6.73 Å². The maximum Gasteiger partial charge on any atom is 0.261 e. The van der Waals surface area contributed by atoms with Crippen LogP contribution in [0.25, 0.3) is 5.57 Å². The highest BCUT2D eigenvalue weighted by Crippen LogP contribution is 2.35. The first kappa shape index (κ1) is 14.4. The number of benzene rings is 1. The molecule has 0 radical (unpaired) electrons. The third-order valence-electron chi connectivity index (χ3n) is 4.08. The van der Waals surface area contributed by atoms with Crippen LogP contribution in [0.3, 0.4) is 0 Å². The van der Waals surface area contributed by atoms with Crippen molar-refractivity contribution in [1.29, 1.82) is 0 Å². The standard InChI is InChI=1S/C18H19NO3/c1-13-16(14-8-5-4-6-9-14)17(20)19(12-22-13)18(2,3)15-10-7-11-21-15/h4-11H,12H2,1-3H3. The molecule has 22 heavy (non-hydrogen) atoms. The molecule has 4 heteroatoms. The number of carbonyl (C=O) groups is 1. The van der Waals surface area contributed by atoms with E-state index in [1.807, 2.05) is 63.2 Å². The van der Waals surface area contributed by atoms with E-state index in [1.54, 1.807) is 11.2 Å². The summed E-state index contributed by atoms with van der Waals surface area (Å²) in [5, 5.41) is 0. The van der Waals surface area contributed by atoms with Crippen LogP contribution in [0.15, 0.2) is 58.9 Å². The van der Waals surface area contributed by atoms with Gasteiger partial charge in [0, 0.05) is 0 Å². The molecule has 1 aliphatic heterocycles. The normalized spacial score (nSPS) is 16.0. The van der Waals surface area contributed by atoms with E-state index in [1.165, 1.54) is 0 Å². The summed E-state index contributed by atoms with van der Waals surface area (Å²) in [6.07, 6.45) is 1.62. The van der Waals surface area contributed by atoms with Gasteiger partial charge in [-0.2, -0.15) is 0 Å². The van der Waals surface area contributed by atoms with Crippen LogP contribution in [0.5, 0.6) is 0 Å². The topological polar surface area (TPSA) is 42.7 Å². The zero-order chi connectivity index (χ0) is 15.7. The maximum atomic E-state index is 13.0. The molecule has 4 nitrogen and oxygen atoms in total. The number of amides is 1. The fourth-order valence-corrected chi connectivity index (χ4v) is 2.68. The van der Waals surface area contributed by atoms with Crippen LogP contribution in [0.2, 0.25) is 0 Å². The van der Waals surface area contributed by atoms with Crippen molar-refractivity contribution in [3.8, 4) is 0 Å². The van der Waals surface area contributed by atoms with Gasteiger partial charge in [-0.05, 0) is 38.5 Å². The number of rotatable bonds is 3. The van der Waals surface area contributed by atoms with Gasteiger partial charge in [-0.3, -0.25) is 9.69 Å². The fourth-order valence-electron chi connectivity index (χ4n) is 2.68. The van der Waals surface area contributed by atoms with Gasteiger partial charge in [0.05, 0.1) is 17.4 Å². The number of ether oxygens (including phenoxy) is 1. The van der Waals surface area contributed by atoms with Crippen molar-refractivity contribution < 1.29 is 13.9 Å². The summed E-state index contributed by atoms with van der Waals surface area (Å²) < 4.78 is 11.3. The third kappa shape index (κ3) is 2.30. The minimum absolute atomic E-state index is 0.0450. The first-order valence-corrected chi connectivity index (χ1v) is 7.27. The number of carbonyl (C=O) groups excluding carboxylic acids is 1. The van der Waals surface area contributed by atoms with Crippen molar-refractivity contribution in [2.24, 2.45) is 0 Å². The molecule has 0 unspecified atom stereocenters. The third-order valence-corrected chi connectivity index (χ3v) is 4.08. The average molecular weight is 297 g/mol. The predicted molar refractivity (Wildman–Crippen MR) is 83.6 cm³/mol. The van der Waals surface area contributed by atoms with E-state index in [0.717, 1.165) is 11.3 Å². The molecule has 1 aromatic carbocycles. The molecule has 3 rings (SSSR count). The Hall–Kier alpha value is -2.49. The predicted octanol–water partition coefficient (Wildman–Crippen LogP) is 3.76. The maximum absolute atomic E-state index is 13.0. The van der Waals surface area contributed by atoms with E-state index in [4.69, 9.17) is 9.15 Å². The number of allylic oxidation sites excluding steroid dienone is 1. The van der Waals surface area contributed by atoms with Gasteiger partial charge in [0.1, 0.15) is 11.5 Å². The zero-order valence-corrected chi connectivity index (χ0v) is 13.0. The molecule has 1 amide bonds. The highest BCUT2D eigenvalue weighted by atomic mass is 16.5. The summed E-state index contributed by atoms with van der Waals surface area (Å²) in [5.41, 5.74) is 0.887. The van der Waals surface area contributed by atoms with Crippen molar-refractivity contribution in [1.82, 2.24) is 4.90 Å². The Morgan fingerprint density at radius 2 is 1.82 bits per heavy atom. The molecule has 0 fully saturated rings. The highest BCUT2D eigenvalue weighted by Gasteiger charge is 2.40. The number of furan rings is 1. The summed E-state index contributed by atoms with van der Waals surface area (Å²) in [6, 6.07) is 13.3. The molecule has 2 heterocycles. The van der Waals surface area contributed by atoms with Crippen LogP contribution < -0.4 is 0 Å². The Morgan fingerprint density at radius 3 is 2.45 bits per heavy atom. The summed E-state index contributed by atoms with van der Waals surface area (Å²) in [7, 11) is 0. The lowest BCUT2D eigenvalue weighted by molar-refractivity contribution is -0.140. The van der Waals surface area contributed by atoms with Gasteiger partial charge in [0.25, 0.3) is 5.91 Å². The first-order valence-electron chi connectivity index (χ1n) is 7.27. The number of hydrogen-bond acceptors (Lipinski definition) is 3. The zero-order valence-electron chi connectivity index (χ0n) is 13.0. The molecule has 1 aliphatic rings. The van der Waals surface area contributed by atoms with Crippen molar-refractivity contribution in [2.75, 3.05) is 6.73 Å². The molecule has 0 spiro atoms. The Labute approximate surface area is 130 Å². The van der Waals surface area contributed by atoms with Crippen molar-refractivity contribution in [2.45, 2.75) is 26.3 Å². The van der Waals surface area contributed by atoms with Gasteiger partial charge in [-0.25, -0.2) is 0 Å². The quantitative estimate of drug-likeness (QED) is 0.866. The Morgan fingerprint density at radius 1 is 1.09 bits per heavy atom. The van der Waals surface area contributed by atoms with E-state index in [2.05, 4.69) is 0 Å². The van der Waals surface area contributed by atoms with Crippen LogP contribution in [-0.2, 0) is 15.1 Å². The SMILES string of the molecule is CC1=C(c2ccccc2)C(=O)N(C(C)(C)c2ccco2)CO1. The lowest BCUT2D eigenvalue weighted by Crippen LogP contribution is -2.49. The second-order valence-electron chi connectivity index (χ2n) is 5.84. The lowest BCUT2D eigenvalue weighted by Gasteiger charge is -2.40. The first-order chi connectivity index (χ1) is 10.5. The van der Waals surface area contributed by atoms with E-state index in [0.29, 0.717) is 11.3 Å². The van der Waals surface area contributed by atoms with E-state index < -0.39 is 5.54 Å². The van der Waals surface area contributed by atoms with Crippen LogP contribution in [0.4, 0.5) is 0 Å². The van der Waals surface area contributed by atoms with E-state index in [9.17, 15) is 4.79 Å². The second-order valence-corrected chi connectivity index (χ2v) is 5.84. The van der Waals surface area contributed by atoms with Crippen LogP contribution in [0, 0.1) is 0 Å². The van der Waals surface area contributed by atoms with E-state index in [-0.39, 0.29) is 12.6 Å². The minimum atomic E-state index is -0.582. The molecule has 0 N–H and O–H groups in total. The molecule has 0 atom stereocenters. The largest absolute Gasteiger partial charge is 0.477 e. The molecule has 0 bridgehead atoms. The summed E-state index contributed by atoms with van der Waals surface area (Å²) in [5.74, 6) is 1.34. The van der Waals surface area contributed by atoms with Gasteiger partial charge in [0.2, 0.25) is 0 Å². The Balaban J connectivity index is 2.00. The minimum Gasteiger partial charge on any atom is -0.477 e. The van der Waals surface area contributed by atoms with Crippen molar-refractivity contribution in [3.63, 3.8) is 0 Å².